The largest absolute Gasteiger partial charge is 0.465 e. The zero-order valence-electron chi connectivity index (χ0n) is 10.1. The van der Waals surface area contributed by atoms with Gasteiger partial charge in [-0.2, -0.15) is 0 Å². The van der Waals surface area contributed by atoms with Crippen LogP contribution < -0.4 is 5.73 Å². The summed E-state index contributed by atoms with van der Waals surface area (Å²) in [6, 6.07) is 4.57. The summed E-state index contributed by atoms with van der Waals surface area (Å²) in [5.74, 6) is 3.78. The van der Waals surface area contributed by atoms with Crippen LogP contribution >= 0.6 is 0 Å². The van der Waals surface area contributed by atoms with E-state index in [9.17, 15) is 9.59 Å². The van der Waals surface area contributed by atoms with Gasteiger partial charge in [-0.05, 0) is 25.1 Å². The van der Waals surface area contributed by atoms with Crippen LogP contribution in [-0.4, -0.2) is 25.7 Å². The van der Waals surface area contributed by atoms with Crippen LogP contribution in [0, 0.1) is 11.8 Å². The maximum absolute atomic E-state index is 11.3. The Balaban J connectivity index is 2.91. The van der Waals surface area contributed by atoms with E-state index in [0.717, 1.165) is 0 Å². The second kappa shape index (κ2) is 6.30. The number of esters is 2. The molecule has 2 N–H and O–H groups in total. The van der Waals surface area contributed by atoms with Crippen molar-refractivity contribution in [1.29, 1.82) is 0 Å². The van der Waals surface area contributed by atoms with Gasteiger partial charge in [0.2, 0.25) is 0 Å². The van der Waals surface area contributed by atoms with Crippen LogP contribution in [-0.2, 0) is 14.3 Å². The van der Waals surface area contributed by atoms with Crippen molar-refractivity contribution in [1.82, 2.24) is 0 Å². The minimum atomic E-state index is -0.604. The number of ether oxygens (including phenoxy) is 2. The van der Waals surface area contributed by atoms with Gasteiger partial charge in [0.25, 0.3) is 0 Å². The van der Waals surface area contributed by atoms with E-state index < -0.39 is 11.9 Å². The van der Waals surface area contributed by atoms with Crippen LogP contribution in [0.15, 0.2) is 18.2 Å². The third-order valence-electron chi connectivity index (χ3n) is 2.04. The summed E-state index contributed by atoms with van der Waals surface area (Å²) in [6.45, 7) is 1.97. The highest BCUT2D eigenvalue weighted by molar-refractivity contribution is 5.95. The molecule has 0 aliphatic heterocycles. The van der Waals surface area contributed by atoms with Gasteiger partial charge in [0.1, 0.15) is 0 Å². The molecule has 0 atom stereocenters. The molecule has 0 saturated carbocycles. The molecular weight excluding hydrogens is 234 g/mol. The van der Waals surface area contributed by atoms with E-state index in [-0.39, 0.29) is 17.9 Å². The molecule has 1 aromatic carbocycles. The van der Waals surface area contributed by atoms with Crippen LogP contribution in [0.2, 0.25) is 0 Å². The fourth-order valence-electron chi connectivity index (χ4n) is 1.23. The van der Waals surface area contributed by atoms with E-state index >= 15 is 0 Å². The zero-order valence-corrected chi connectivity index (χ0v) is 10.1. The number of nitrogen functional groups attached to an aromatic ring is 1. The Labute approximate surface area is 105 Å². The second-order valence-electron chi connectivity index (χ2n) is 3.26. The molecule has 0 bridgehead atoms. The van der Waals surface area contributed by atoms with Crippen LogP contribution in [0.4, 0.5) is 5.69 Å². The van der Waals surface area contributed by atoms with E-state index in [1.54, 1.807) is 13.0 Å². The Morgan fingerprint density at radius 1 is 1.39 bits per heavy atom. The SMILES string of the molecule is CCOC(=O)C#Cc1ccc(C(=O)OC)c(N)c1. The number of hydrogen-bond donors (Lipinski definition) is 1. The summed E-state index contributed by atoms with van der Waals surface area (Å²) in [5.41, 5.74) is 6.71. The van der Waals surface area contributed by atoms with Crippen LogP contribution in [0.3, 0.4) is 0 Å². The number of nitrogens with two attached hydrogens (primary N) is 1. The highest BCUT2D eigenvalue weighted by Gasteiger charge is 2.09. The van der Waals surface area contributed by atoms with Crippen molar-refractivity contribution in [2.45, 2.75) is 6.92 Å². The Morgan fingerprint density at radius 3 is 2.67 bits per heavy atom. The summed E-state index contributed by atoms with van der Waals surface area (Å²) in [5, 5.41) is 0. The van der Waals surface area contributed by atoms with Gasteiger partial charge in [-0.25, -0.2) is 9.59 Å². The fraction of sp³-hybridized carbons (Fsp3) is 0.231. The monoisotopic (exact) mass is 247 g/mol. The molecular formula is C13H13NO4. The van der Waals surface area contributed by atoms with E-state index in [1.807, 2.05) is 0 Å². The Kier molecular flexibility index (Phi) is 4.76. The van der Waals surface area contributed by atoms with E-state index in [0.29, 0.717) is 5.56 Å². The highest BCUT2D eigenvalue weighted by Crippen LogP contribution is 2.14. The molecule has 0 radical (unpaired) electrons. The summed E-state index contributed by atoms with van der Waals surface area (Å²) in [7, 11) is 1.27. The molecule has 94 valence electrons. The number of rotatable bonds is 2. The standard InChI is InChI=1S/C13H13NO4/c1-3-18-12(15)7-5-9-4-6-10(11(14)8-9)13(16)17-2/h4,6,8H,3,14H2,1-2H3. The molecule has 18 heavy (non-hydrogen) atoms. The minimum Gasteiger partial charge on any atom is -0.465 e. The predicted molar refractivity (Wildman–Crippen MR) is 65.7 cm³/mol. The summed E-state index contributed by atoms with van der Waals surface area (Å²) < 4.78 is 9.21. The van der Waals surface area contributed by atoms with Gasteiger partial charge >= 0.3 is 11.9 Å². The van der Waals surface area contributed by atoms with Gasteiger partial charge in [-0.3, -0.25) is 0 Å². The van der Waals surface area contributed by atoms with Gasteiger partial charge in [0.05, 0.1) is 19.3 Å². The van der Waals surface area contributed by atoms with E-state index in [2.05, 4.69) is 21.3 Å². The maximum Gasteiger partial charge on any atom is 0.384 e. The first-order valence-corrected chi connectivity index (χ1v) is 5.25. The molecule has 0 amide bonds. The van der Waals surface area contributed by atoms with Crippen LogP contribution in [0.25, 0.3) is 0 Å². The molecule has 1 aromatic rings. The lowest BCUT2D eigenvalue weighted by atomic mass is 10.1. The molecule has 0 saturated heterocycles. The lowest BCUT2D eigenvalue weighted by Gasteiger charge is -2.03. The van der Waals surface area contributed by atoms with Crippen molar-refractivity contribution in [3.8, 4) is 11.8 Å². The number of hydrogen-bond acceptors (Lipinski definition) is 5. The first-order valence-electron chi connectivity index (χ1n) is 5.25. The smallest absolute Gasteiger partial charge is 0.384 e. The molecule has 0 fully saturated rings. The molecule has 0 heterocycles. The van der Waals surface area contributed by atoms with Crippen LogP contribution in [0.1, 0.15) is 22.8 Å². The molecule has 0 aliphatic carbocycles. The van der Waals surface area contributed by atoms with Crippen molar-refractivity contribution >= 4 is 17.6 Å². The lowest BCUT2D eigenvalue weighted by molar-refractivity contribution is -0.136. The van der Waals surface area contributed by atoms with Crippen molar-refractivity contribution in [3.63, 3.8) is 0 Å². The zero-order chi connectivity index (χ0) is 13.5. The highest BCUT2D eigenvalue weighted by atomic mass is 16.5. The third-order valence-corrected chi connectivity index (χ3v) is 2.04. The van der Waals surface area contributed by atoms with Crippen LogP contribution in [0.5, 0.6) is 0 Å². The molecule has 1 rings (SSSR count). The minimum absolute atomic E-state index is 0.248. The first kappa shape index (κ1) is 13.6. The fourth-order valence-corrected chi connectivity index (χ4v) is 1.23. The number of carbonyl (C=O) groups is 2. The van der Waals surface area contributed by atoms with Crippen molar-refractivity contribution < 1.29 is 19.1 Å². The number of carbonyl (C=O) groups excluding carboxylic acids is 2. The van der Waals surface area contributed by atoms with Gasteiger partial charge < -0.3 is 15.2 Å². The number of anilines is 1. The predicted octanol–water partition coefficient (Wildman–Crippen LogP) is 0.970. The topological polar surface area (TPSA) is 78.6 Å². The maximum atomic E-state index is 11.3. The Bertz CT molecular complexity index is 526. The average Bonchev–Trinajstić information content (AvgIpc) is 2.36. The average molecular weight is 247 g/mol. The summed E-state index contributed by atoms with van der Waals surface area (Å²) in [4.78, 5) is 22.3. The van der Waals surface area contributed by atoms with E-state index in [4.69, 9.17) is 5.73 Å². The number of methoxy groups -OCH3 is 1. The molecule has 5 heteroatoms. The van der Waals surface area contributed by atoms with Gasteiger partial charge in [-0.1, -0.05) is 5.92 Å². The molecule has 0 aliphatic rings. The van der Waals surface area contributed by atoms with E-state index in [1.165, 1.54) is 19.2 Å². The number of benzene rings is 1. The van der Waals surface area contributed by atoms with Crippen molar-refractivity contribution in [2.24, 2.45) is 0 Å². The van der Waals surface area contributed by atoms with Gasteiger partial charge in [0.15, 0.2) is 0 Å². The molecule has 0 aromatic heterocycles. The second-order valence-corrected chi connectivity index (χ2v) is 3.26. The lowest BCUT2D eigenvalue weighted by Crippen LogP contribution is -2.05. The quantitative estimate of drug-likeness (QED) is 0.478. The Hall–Kier alpha value is -2.48. The van der Waals surface area contributed by atoms with Gasteiger partial charge in [-0.15, -0.1) is 0 Å². The van der Waals surface area contributed by atoms with Crippen molar-refractivity contribution in [2.75, 3.05) is 19.5 Å². The normalized spacial score (nSPS) is 9.00. The van der Waals surface area contributed by atoms with Crippen molar-refractivity contribution in [3.05, 3.63) is 29.3 Å². The summed E-state index contributed by atoms with van der Waals surface area (Å²) >= 11 is 0. The Morgan fingerprint density at radius 2 is 2.11 bits per heavy atom. The third kappa shape index (κ3) is 3.52. The first-order chi connectivity index (χ1) is 8.58. The summed E-state index contributed by atoms with van der Waals surface area (Å²) in [6.07, 6.45) is 0. The molecule has 0 unspecified atom stereocenters. The molecule has 0 spiro atoms. The van der Waals surface area contributed by atoms with Gasteiger partial charge in [0, 0.05) is 17.2 Å². The molecule has 5 nitrogen and oxygen atoms in total.